The molecule has 0 aliphatic rings. The summed E-state index contributed by atoms with van der Waals surface area (Å²) in [6.07, 6.45) is 3.49. The van der Waals surface area contributed by atoms with Gasteiger partial charge >= 0.3 is 0 Å². The molecular weight excluding hydrogens is 349 g/mol. The molecule has 0 bridgehead atoms. The second kappa shape index (κ2) is 6.11. The molecule has 22 heavy (non-hydrogen) atoms. The molecule has 1 heterocycles. The van der Waals surface area contributed by atoms with E-state index in [0.717, 1.165) is 10.2 Å². The first-order valence-electron chi connectivity index (χ1n) is 6.50. The highest BCUT2D eigenvalue weighted by Gasteiger charge is 2.09. The molecule has 3 rings (SSSR count). The Kier molecular flexibility index (Phi) is 4.02. The van der Waals surface area contributed by atoms with E-state index in [1.807, 2.05) is 6.20 Å². The van der Waals surface area contributed by atoms with Crippen LogP contribution in [0.4, 0.5) is 10.1 Å². The first-order valence-corrected chi connectivity index (χ1v) is 7.29. The molecule has 1 amide bonds. The van der Waals surface area contributed by atoms with Gasteiger partial charge in [-0.3, -0.25) is 4.79 Å². The summed E-state index contributed by atoms with van der Waals surface area (Å²) in [5, 5.41) is 6.71. The standard InChI is InChI=1S/C16H11BrFN3O/c17-12-9-19-21(10-12)13-7-5-11(6-8-13)16(22)20-15-4-2-1-3-14(15)18/h1-10H,(H,20,22). The number of amides is 1. The van der Waals surface area contributed by atoms with Gasteiger partial charge in [-0.1, -0.05) is 12.1 Å². The summed E-state index contributed by atoms with van der Waals surface area (Å²) in [5.41, 5.74) is 1.43. The molecule has 1 aromatic heterocycles. The molecule has 0 atom stereocenters. The number of rotatable bonds is 3. The van der Waals surface area contributed by atoms with Crippen LogP contribution in [0.2, 0.25) is 0 Å². The number of benzene rings is 2. The lowest BCUT2D eigenvalue weighted by molar-refractivity contribution is 0.102. The topological polar surface area (TPSA) is 46.9 Å². The van der Waals surface area contributed by atoms with Crippen LogP contribution in [0.3, 0.4) is 0 Å². The number of anilines is 1. The van der Waals surface area contributed by atoms with Crippen LogP contribution in [0.1, 0.15) is 10.4 Å². The lowest BCUT2D eigenvalue weighted by Gasteiger charge is -2.07. The van der Waals surface area contributed by atoms with Crippen molar-refractivity contribution in [3.05, 3.63) is 76.8 Å². The van der Waals surface area contributed by atoms with Gasteiger partial charge in [0.15, 0.2) is 0 Å². The zero-order chi connectivity index (χ0) is 15.5. The molecule has 6 heteroatoms. The van der Waals surface area contributed by atoms with Crippen molar-refractivity contribution in [3.8, 4) is 5.69 Å². The number of hydrogen-bond acceptors (Lipinski definition) is 2. The van der Waals surface area contributed by atoms with Gasteiger partial charge in [-0.15, -0.1) is 0 Å². The highest BCUT2D eigenvalue weighted by atomic mass is 79.9. The summed E-state index contributed by atoms with van der Waals surface area (Å²) in [6, 6.07) is 12.9. The van der Waals surface area contributed by atoms with Gasteiger partial charge in [-0.05, 0) is 52.3 Å². The predicted molar refractivity (Wildman–Crippen MR) is 85.6 cm³/mol. The van der Waals surface area contributed by atoms with Crippen LogP contribution in [-0.4, -0.2) is 15.7 Å². The number of nitrogens with zero attached hydrogens (tertiary/aromatic N) is 2. The van der Waals surface area contributed by atoms with E-state index in [1.165, 1.54) is 12.1 Å². The molecule has 0 fully saturated rings. The Morgan fingerprint density at radius 1 is 1.14 bits per heavy atom. The van der Waals surface area contributed by atoms with E-state index in [-0.39, 0.29) is 11.6 Å². The molecular formula is C16H11BrFN3O. The van der Waals surface area contributed by atoms with Gasteiger partial charge in [0, 0.05) is 11.8 Å². The monoisotopic (exact) mass is 359 g/mol. The molecule has 0 spiro atoms. The lowest BCUT2D eigenvalue weighted by Crippen LogP contribution is -2.13. The zero-order valence-electron chi connectivity index (χ0n) is 11.3. The summed E-state index contributed by atoms with van der Waals surface area (Å²) in [5.74, 6) is -0.827. The van der Waals surface area contributed by atoms with Crippen molar-refractivity contribution in [2.75, 3.05) is 5.32 Å². The normalized spacial score (nSPS) is 10.5. The van der Waals surface area contributed by atoms with Crippen molar-refractivity contribution in [1.82, 2.24) is 9.78 Å². The Balaban J connectivity index is 1.78. The van der Waals surface area contributed by atoms with Crippen LogP contribution in [0.15, 0.2) is 65.4 Å². The van der Waals surface area contributed by atoms with Gasteiger partial charge < -0.3 is 5.32 Å². The van der Waals surface area contributed by atoms with Crippen LogP contribution < -0.4 is 5.32 Å². The van der Waals surface area contributed by atoms with Crippen molar-refractivity contribution < 1.29 is 9.18 Å². The molecule has 1 N–H and O–H groups in total. The smallest absolute Gasteiger partial charge is 0.255 e. The second-order valence-electron chi connectivity index (χ2n) is 4.58. The quantitative estimate of drug-likeness (QED) is 0.767. The molecule has 0 saturated carbocycles. The zero-order valence-corrected chi connectivity index (χ0v) is 12.9. The summed E-state index contributed by atoms with van der Waals surface area (Å²) in [4.78, 5) is 12.1. The minimum Gasteiger partial charge on any atom is -0.319 e. The maximum absolute atomic E-state index is 13.5. The van der Waals surface area contributed by atoms with Gasteiger partial charge in [0.05, 0.1) is 22.0 Å². The first-order chi connectivity index (χ1) is 10.6. The number of carbonyl (C=O) groups excluding carboxylic acids is 1. The molecule has 0 saturated heterocycles. The number of hydrogen-bond donors (Lipinski definition) is 1. The largest absolute Gasteiger partial charge is 0.319 e. The van der Waals surface area contributed by atoms with Crippen molar-refractivity contribution in [1.29, 1.82) is 0 Å². The average Bonchev–Trinajstić information content (AvgIpc) is 2.96. The average molecular weight is 360 g/mol. The van der Waals surface area contributed by atoms with Crippen molar-refractivity contribution >= 4 is 27.5 Å². The summed E-state index contributed by atoms with van der Waals surface area (Å²) < 4.78 is 16.1. The van der Waals surface area contributed by atoms with Crippen LogP contribution in [0.5, 0.6) is 0 Å². The summed E-state index contributed by atoms with van der Waals surface area (Å²) >= 11 is 3.33. The Bertz CT molecular complexity index is 814. The number of nitrogens with one attached hydrogen (secondary N) is 1. The first kappa shape index (κ1) is 14.5. The number of aromatic nitrogens is 2. The molecule has 110 valence electrons. The summed E-state index contributed by atoms with van der Waals surface area (Å²) in [7, 11) is 0. The second-order valence-corrected chi connectivity index (χ2v) is 5.50. The lowest BCUT2D eigenvalue weighted by atomic mass is 10.2. The Hall–Kier alpha value is -2.47. The fraction of sp³-hybridized carbons (Fsp3) is 0. The van der Waals surface area contributed by atoms with E-state index in [0.29, 0.717) is 5.56 Å². The van der Waals surface area contributed by atoms with Crippen molar-refractivity contribution in [2.24, 2.45) is 0 Å². The van der Waals surface area contributed by atoms with E-state index < -0.39 is 5.82 Å². The van der Waals surface area contributed by atoms with Crippen LogP contribution >= 0.6 is 15.9 Å². The fourth-order valence-electron chi connectivity index (χ4n) is 1.96. The molecule has 2 aromatic carbocycles. The SMILES string of the molecule is O=C(Nc1ccccc1F)c1ccc(-n2cc(Br)cn2)cc1. The molecule has 4 nitrogen and oxygen atoms in total. The molecule has 3 aromatic rings. The Labute approximate surface area is 134 Å². The van der Waals surface area contributed by atoms with Gasteiger partial charge in [0.2, 0.25) is 0 Å². The Morgan fingerprint density at radius 3 is 2.50 bits per heavy atom. The highest BCUT2D eigenvalue weighted by Crippen LogP contribution is 2.16. The van der Waals surface area contributed by atoms with E-state index in [1.54, 1.807) is 47.3 Å². The van der Waals surface area contributed by atoms with Crippen LogP contribution in [-0.2, 0) is 0 Å². The summed E-state index contributed by atoms with van der Waals surface area (Å²) in [6.45, 7) is 0. The maximum Gasteiger partial charge on any atom is 0.255 e. The fourth-order valence-corrected chi connectivity index (χ4v) is 2.25. The van der Waals surface area contributed by atoms with Crippen molar-refractivity contribution in [2.45, 2.75) is 0 Å². The third-order valence-corrected chi connectivity index (χ3v) is 3.48. The molecule has 0 aliphatic carbocycles. The van der Waals surface area contributed by atoms with Crippen molar-refractivity contribution in [3.63, 3.8) is 0 Å². The highest BCUT2D eigenvalue weighted by molar-refractivity contribution is 9.10. The van der Waals surface area contributed by atoms with E-state index >= 15 is 0 Å². The van der Waals surface area contributed by atoms with Gasteiger partial charge in [-0.2, -0.15) is 5.10 Å². The molecule has 0 radical (unpaired) electrons. The number of carbonyl (C=O) groups is 1. The van der Waals surface area contributed by atoms with Crippen LogP contribution in [0, 0.1) is 5.82 Å². The molecule has 0 aliphatic heterocycles. The number of halogens is 2. The Morgan fingerprint density at radius 2 is 1.86 bits per heavy atom. The molecule has 0 unspecified atom stereocenters. The number of para-hydroxylation sites is 1. The van der Waals surface area contributed by atoms with Gasteiger partial charge in [0.25, 0.3) is 5.91 Å². The third-order valence-electron chi connectivity index (χ3n) is 3.07. The third kappa shape index (κ3) is 3.07. The maximum atomic E-state index is 13.5. The van der Waals surface area contributed by atoms with Gasteiger partial charge in [0.1, 0.15) is 5.82 Å². The van der Waals surface area contributed by atoms with E-state index in [2.05, 4.69) is 26.3 Å². The minimum atomic E-state index is -0.464. The van der Waals surface area contributed by atoms with E-state index in [9.17, 15) is 9.18 Å². The van der Waals surface area contributed by atoms with Gasteiger partial charge in [-0.25, -0.2) is 9.07 Å². The van der Waals surface area contributed by atoms with Crippen LogP contribution in [0.25, 0.3) is 5.69 Å². The predicted octanol–water partition coefficient (Wildman–Crippen LogP) is 4.03. The minimum absolute atomic E-state index is 0.160. The van der Waals surface area contributed by atoms with E-state index in [4.69, 9.17) is 0 Å².